The molecule has 0 saturated carbocycles. The van der Waals surface area contributed by atoms with Crippen molar-refractivity contribution in [1.82, 2.24) is 9.97 Å². The highest BCUT2D eigenvalue weighted by Gasteiger charge is 2.07. The van der Waals surface area contributed by atoms with Gasteiger partial charge in [0, 0.05) is 29.2 Å². The SMILES string of the molecule is O=C(Nc1ccc(-c2ncc[nH]2)cc1)c1cccc(F)c1. The fourth-order valence-corrected chi connectivity index (χ4v) is 1.97. The number of carbonyl (C=O) groups excluding carboxylic acids is 1. The van der Waals surface area contributed by atoms with E-state index in [0.717, 1.165) is 11.4 Å². The van der Waals surface area contributed by atoms with Gasteiger partial charge < -0.3 is 10.3 Å². The van der Waals surface area contributed by atoms with Crippen molar-refractivity contribution in [1.29, 1.82) is 0 Å². The lowest BCUT2D eigenvalue weighted by molar-refractivity contribution is 0.102. The van der Waals surface area contributed by atoms with Gasteiger partial charge in [0.2, 0.25) is 0 Å². The number of benzene rings is 2. The Morgan fingerprint density at radius 1 is 1.14 bits per heavy atom. The Morgan fingerprint density at radius 2 is 1.95 bits per heavy atom. The minimum atomic E-state index is -0.434. The zero-order valence-electron chi connectivity index (χ0n) is 11.0. The quantitative estimate of drug-likeness (QED) is 0.772. The molecular weight excluding hydrogens is 269 g/mol. The summed E-state index contributed by atoms with van der Waals surface area (Å²) in [7, 11) is 0. The van der Waals surface area contributed by atoms with E-state index in [1.807, 2.05) is 12.1 Å². The fraction of sp³-hybridized carbons (Fsp3) is 0. The van der Waals surface area contributed by atoms with E-state index in [1.165, 1.54) is 18.2 Å². The second-order valence-corrected chi connectivity index (χ2v) is 4.48. The molecular formula is C16H12FN3O. The molecule has 0 aliphatic heterocycles. The number of amides is 1. The van der Waals surface area contributed by atoms with Gasteiger partial charge in [0.25, 0.3) is 5.91 Å². The van der Waals surface area contributed by atoms with E-state index in [2.05, 4.69) is 15.3 Å². The molecule has 3 rings (SSSR count). The Balaban J connectivity index is 1.75. The molecule has 2 aromatic carbocycles. The summed E-state index contributed by atoms with van der Waals surface area (Å²) in [5.41, 5.74) is 1.84. The molecule has 0 unspecified atom stereocenters. The monoisotopic (exact) mass is 281 g/mol. The van der Waals surface area contributed by atoms with E-state index < -0.39 is 5.82 Å². The molecule has 1 heterocycles. The predicted molar refractivity (Wildman–Crippen MR) is 78.4 cm³/mol. The minimum absolute atomic E-state index is 0.283. The number of nitrogens with one attached hydrogen (secondary N) is 2. The normalized spacial score (nSPS) is 10.3. The molecule has 0 aliphatic carbocycles. The van der Waals surface area contributed by atoms with E-state index in [-0.39, 0.29) is 11.5 Å². The Kier molecular flexibility index (Phi) is 3.47. The molecule has 0 bridgehead atoms. The third kappa shape index (κ3) is 2.97. The van der Waals surface area contributed by atoms with E-state index in [9.17, 15) is 9.18 Å². The number of imidazole rings is 1. The summed E-state index contributed by atoms with van der Waals surface area (Å²) in [6.07, 6.45) is 3.42. The van der Waals surface area contributed by atoms with Crippen LogP contribution in [0.3, 0.4) is 0 Å². The molecule has 21 heavy (non-hydrogen) atoms. The zero-order valence-corrected chi connectivity index (χ0v) is 11.0. The average Bonchev–Trinajstić information content (AvgIpc) is 3.02. The van der Waals surface area contributed by atoms with Crippen LogP contribution in [0.15, 0.2) is 60.9 Å². The topological polar surface area (TPSA) is 57.8 Å². The third-order valence-electron chi connectivity index (χ3n) is 3.00. The van der Waals surface area contributed by atoms with Gasteiger partial charge in [0.05, 0.1) is 0 Å². The van der Waals surface area contributed by atoms with Gasteiger partial charge in [-0.15, -0.1) is 0 Å². The van der Waals surface area contributed by atoms with Crippen LogP contribution in [0.5, 0.6) is 0 Å². The van der Waals surface area contributed by atoms with Gasteiger partial charge in [-0.2, -0.15) is 0 Å². The number of halogens is 1. The Bertz CT molecular complexity index is 751. The largest absolute Gasteiger partial charge is 0.345 e. The first-order valence-electron chi connectivity index (χ1n) is 6.39. The first-order chi connectivity index (χ1) is 10.2. The van der Waals surface area contributed by atoms with E-state index in [1.54, 1.807) is 30.6 Å². The molecule has 3 aromatic rings. The maximum atomic E-state index is 13.1. The number of aromatic amines is 1. The standard InChI is InChI=1S/C16H12FN3O/c17-13-3-1-2-12(10-13)16(21)20-14-6-4-11(5-7-14)15-18-8-9-19-15/h1-10H,(H,18,19)(H,20,21). The van der Waals surface area contributed by atoms with Crippen molar-refractivity contribution in [2.75, 3.05) is 5.32 Å². The molecule has 104 valence electrons. The Morgan fingerprint density at radius 3 is 2.62 bits per heavy atom. The number of anilines is 1. The number of hydrogen-bond donors (Lipinski definition) is 2. The van der Waals surface area contributed by atoms with Crippen LogP contribution < -0.4 is 5.32 Å². The van der Waals surface area contributed by atoms with Gasteiger partial charge in [0.15, 0.2) is 0 Å². The van der Waals surface area contributed by atoms with Gasteiger partial charge >= 0.3 is 0 Å². The van der Waals surface area contributed by atoms with Crippen molar-refractivity contribution in [3.05, 3.63) is 72.3 Å². The van der Waals surface area contributed by atoms with Crippen molar-refractivity contribution in [3.8, 4) is 11.4 Å². The average molecular weight is 281 g/mol. The van der Waals surface area contributed by atoms with Crippen molar-refractivity contribution in [2.24, 2.45) is 0 Å². The lowest BCUT2D eigenvalue weighted by Gasteiger charge is -2.06. The van der Waals surface area contributed by atoms with Gasteiger partial charge in [-0.05, 0) is 42.5 Å². The van der Waals surface area contributed by atoms with Crippen molar-refractivity contribution in [3.63, 3.8) is 0 Å². The molecule has 0 radical (unpaired) electrons. The lowest BCUT2D eigenvalue weighted by Crippen LogP contribution is -2.11. The molecule has 2 N–H and O–H groups in total. The molecule has 0 aliphatic rings. The predicted octanol–water partition coefficient (Wildman–Crippen LogP) is 3.47. The number of hydrogen-bond acceptors (Lipinski definition) is 2. The van der Waals surface area contributed by atoms with Crippen LogP contribution >= 0.6 is 0 Å². The van der Waals surface area contributed by atoms with Gasteiger partial charge in [-0.25, -0.2) is 9.37 Å². The lowest BCUT2D eigenvalue weighted by atomic mass is 10.1. The Labute approximate surface area is 120 Å². The van der Waals surface area contributed by atoms with Crippen LogP contribution in [-0.4, -0.2) is 15.9 Å². The number of H-pyrrole nitrogens is 1. The Hall–Kier alpha value is -2.95. The highest BCUT2D eigenvalue weighted by Crippen LogP contribution is 2.18. The first kappa shape index (κ1) is 13.1. The molecule has 1 amide bonds. The summed E-state index contributed by atoms with van der Waals surface area (Å²) in [5, 5.41) is 2.72. The smallest absolute Gasteiger partial charge is 0.255 e. The fourth-order valence-electron chi connectivity index (χ4n) is 1.97. The summed E-state index contributed by atoms with van der Waals surface area (Å²) in [5.74, 6) is -0.0194. The van der Waals surface area contributed by atoms with Crippen LogP contribution in [0.4, 0.5) is 10.1 Å². The van der Waals surface area contributed by atoms with Crippen LogP contribution in [0.25, 0.3) is 11.4 Å². The van der Waals surface area contributed by atoms with Gasteiger partial charge in [-0.1, -0.05) is 6.07 Å². The zero-order chi connectivity index (χ0) is 14.7. The molecule has 0 fully saturated rings. The van der Waals surface area contributed by atoms with E-state index in [4.69, 9.17) is 0 Å². The number of carbonyl (C=O) groups is 1. The van der Waals surface area contributed by atoms with Crippen LogP contribution in [0, 0.1) is 5.82 Å². The maximum Gasteiger partial charge on any atom is 0.255 e. The van der Waals surface area contributed by atoms with Crippen LogP contribution in [-0.2, 0) is 0 Å². The van der Waals surface area contributed by atoms with Crippen LogP contribution in [0.1, 0.15) is 10.4 Å². The number of nitrogens with zero attached hydrogens (tertiary/aromatic N) is 1. The van der Waals surface area contributed by atoms with Gasteiger partial charge in [0.1, 0.15) is 11.6 Å². The molecule has 5 heteroatoms. The van der Waals surface area contributed by atoms with Crippen molar-refractivity contribution >= 4 is 11.6 Å². The van der Waals surface area contributed by atoms with Crippen LogP contribution in [0.2, 0.25) is 0 Å². The summed E-state index contributed by atoms with van der Waals surface area (Å²) in [6, 6.07) is 12.8. The highest BCUT2D eigenvalue weighted by atomic mass is 19.1. The van der Waals surface area contributed by atoms with Crippen molar-refractivity contribution in [2.45, 2.75) is 0 Å². The van der Waals surface area contributed by atoms with Gasteiger partial charge in [-0.3, -0.25) is 4.79 Å². The molecule has 0 spiro atoms. The minimum Gasteiger partial charge on any atom is -0.345 e. The third-order valence-corrected chi connectivity index (χ3v) is 3.00. The second kappa shape index (κ2) is 5.58. The summed E-state index contributed by atoms with van der Waals surface area (Å²) < 4.78 is 13.1. The summed E-state index contributed by atoms with van der Waals surface area (Å²) in [4.78, 5) is 19.1. The van der Waals surface area contributed by atoms with E-state index in [0.29, 0.717) is 5.69 Å². The first-order valence-corrected chi connectivity index (χ1v) is 6.39. The highest BCUT2D eigenvalue weighted by molar-refractivity contribution is 6.04. The number of rotatable bonds is 3. The molecule has 4 nitrogen and oxygen atoms in total. The van der Waals surface area contributed by atoms with Crippen molar-refractivity contribution < 1.29 is 9.18 Å². The maximum absolute atomic E-state index is 13.1. The summed E-state index contributed by atoms with van der Waals surface area (Å²) >= 11 is 0. The number of aromatic nitrogens is 2. The second-order valence-electron chi connectivity index (χ2n) is 4.48. The molecule has 0 atom stereocenters. The summed E-state index contributed by atoms with van der Waals surface area (Å²) in [6.45, 7) is 0. The van der Waals surface area contributed by atoms with E-state index >= 15 is 0 Å². The molecule has 1 aromatic heterocycles. The molecule has 0 saturated heterocycles.